The Morgan fingerprint density at radius 1 is 1.36 bits per heavy atom. The van der Waals surface area contributed by atoms with Crippen LogP contribution in [0.1, 0.15) is 39.2 Å². The van der Waals surface area contributed by atoms with E-state index in [0.29, 0.717) is 18.9 Å². The van der Waals surface area contributed by atoms with Gasteiger partial charge in [0.2, 0.25) is 0 Å². The summed E-state index contributed by atoms with van der Waals surface area (Å²) in [5.74, 6) is 0.403. The molecular weight excluding hydrogens is 381 g/mol. The Balaban J connectivity index is 3.16. The van der Waals surface area contributed by atoms with E-state index < -0.39 is 15.5 Å². The van der Waals surface area contributed by atoms with Gasteiger partial charge in [0.1, 0.15) is 6.61 Å². The van der Waals surface area contributed by atoms with Crippen molar-refractivity contribution >= 4 is 33.0 Å². The third kappa shape index (κ3) is 6.39. The van der Waals surface area contributed by atoms with Gasteiger partial charge in [-0.3, -0.25) is 4.72 Å². The molecule has 1 rings (SSSR count). The first kappa shape index (κ1) is 21.6. The fraction of sp³-hybridized carbons (Fsp3) is 0.533. The third-order valence-electron chi connectivity index (χ3n) is 3.14. The number of nitrogens with zero attached hydrogens (tertiary/aromatic N) is 1. The topological polar surface area (TPSA) is 67.8 Å². The van der Waals surface area contributed by atoms with Gasteiger partial charge in [-0.05, 0) is 37.0 Å². The van der Waals surface area contributed by atoms with Crippen LogP contribution in [0.5, 0.6) is 0 Å². The standard InChI is InChI=1S/C15H20ClF3N2O3S/c1-4-13(20-24-8-7-10(2)3)12-9-11(16)5-6-14(12)21-25(22,23)15(17,18)19/h5-6,9-10,21H,4,7-8H2,1-3H3. The lowest BCUT2D eigenvalue weighted by molar-refractivity contribution is -0.0429. The molecule has 0 heterocycles. The summed E-state index contributed by atoms with van der Waals surface area (Å²) >= 11 is 5.89. The van der Waals surface area contributed by atoms with Crippen LogP contribution in [-0.4, -0.2) is 26.2 Å². The van der Waals surface area contributed by atoms with Gasteiger partial charge >= 0.3 is 15.5 Å². The molecule has 0 saturated carbocycles. The molecule has 10 heteroatoms. The summed E-state index contributed by atoms with van der Waals surface area (Å²) in [5.41, 5.74) is -5.28. The van der Waals surface area contributed by atoms with Crippen molar-refractivity contribution in [2.24, 2.45) is 11.1 Å². The van der Waals surface area contributed by atoms with Crippen LogP contribution in [0, 0.1) is 5.92 Å². The van der Waals surface area contributed by atoms with Gasteiger partial charge in [0, 0.05) is 10.6 Å². The Morgan fingerprint density at radius 2 is 2.00 bits per heavy atom. The van der Waals surface area contributed by atoms with Crippen LogP contribution in [0.3, 0.4) is 0 Å². The summed E-state index contributed by atoms with van der Waals surface area (Å²) in [7, 11) is -5.55. The summed E-state index contributed by atoms with van der Waals surface area (Å²) < 4.78 is 62.1. The van der Waals surface area contributed by atoms with Gasteiger partial charge in [-0.1, -0.05) is 37.5 Å². The molecular formula is C15H20ClF3N2O3S. The Morgan fingerprint density at radius 3 is 2.52 bits per heavy atom. The molecule has 1 N–H and O–H groups in total. The van der Waals surface area contributed by atoms with Crippen molar-refractivity contribution in [3.05, 3.63) is 28.8 Å². The highest BCUT2D eigenvalue weighted by Gasteiger charge is 2.46. The fourth-order valence-corrected chi connectivity index (χ4v) is 2.52. The van der Waals surface area contributed by atoms with Crippen molar-refractivity contribution in [2.45, 2.75) is 39.1 Å². The van der Waals surface area contributed by atoms with Gasteiger partial charge in [-0.15, -0.1) is 0 Å². The quantitative estimate of drug-likeness (QED) is 0.388. The molecule has 0 unspecified atom stereocenters. The highest BCUT2D eigenvalue weighted by molar-refractivity contribution is 7.93. The summed E-state index contributed by atoms with van der Waals surface area (Å²) in [5, 5.41) is 4.15. The molecule has 0 aliphatic heterocycles. The van der Waals surface area contributed by atoms with Crippen molar-refractivity contribution in [3.8, 4) is 0 Å². The summed E-state index contributed by atoms with van der Waals surface area (Å²) in [6.45, 7) is 6.07. The van der Waals surface area contributed by atoms with Crippen LogP contribution in [0.4, 0.5) is 18.9 Å². The number of nitrogens with one attached hydrogen (secondary N) is 1. The maximum absolute atomic E-state index is 12.6. The number of hydrogen-bond acceptors (Lipinski definition) is 4. The molecule has 0 bridgehead atoms. The van der Waals surface area contributed by atoms with E-state index in [-0.39, 0.29) is 22.0 Å². The van der Waals surface area contributed by atoms with Crippen LogP contribution in [0.15, 0.2) is 23.4 Å². The van der Waals surface area contributed by atoms with Gasteiger partial charge in [-0.2, -0.15) is 21.6 Å². The van der Waals surface area contributed by atoms with Gasteiger partial charge < -0.3 is 4.84 Å². The van der Waals surface area contributed by atoms with E-state index in [0.717, 1.165) is 12.5 Å². The first-order valence-corrected chi connectivity index (χ1v) is 9.42. The lowest BCUT2D eigenvalue weighted by Gasteiger charge is -2.15. The number of benzene rings is 1. The highest BCUT2D eigenvalue weighted by atomic mass is 35.5. The van der Waals surface area contributed by atoms with Crippen molar-refractivity contribution in [3.63, 3.8) is 0 Å². The van der Waals surface area contributed by atoms with Gasteiger partial charge in [0.05, 0.1) is 11.4 Å². The predicted molar refractivity (Wildman–Crippen MR) is 92.3 cm³/mol. The molecule has 0 radical (unpaired) electrons. The minimum absolute atomic E-state index is 0.132. The average Bonchev–Trinajstić information content (AvgIpc) is 2.48. The largest absolute Gasteiger partial charge is 0.516 e. The van der Waals surface area contributed by atoms with E-state index >= 15 is 0 Å². The molecule has 0 aliphatic rings. The SMILES string of the molecule is CCC(=NOCCC(C)C)c1cc(Cl)ccc1NS(=O)(=O)C(F)(F)F. The smallest absolute Gasteiger partial charge is 0.396 e. The maximum Gasteiger partial charge on any atom is 0.516 e. The molecule has 25 heavy (non-hydrogen) atoms. The minimum Gasteiger partial charge on any atom is -0.396 e. The van der Waals surface area contributed by atoms with Gasteiger partial charge in [-0.25, -0.2) is 0 Å². The van der Waals surface area contributed by atoms with E-state index in [9.17, 15) is 21.6 Å². The zero-order valence-electron chi connectivity index (χ0n) is 14.0. The van der Waals surface area contributed by atoms with Crippen LogP contribution in [0.25, 0.3) is 0 Å². The Kier molecular flexibility index (Phi) is 7.55. The Labute approximate surface area is 150 Å². The maximum atomic E-state index is 12.6. The zero-order chi connectivity index (χ0) is 19.3. The first-order valence-electron chi connectivity index (χ1n) is 7.55. The third-order valence-corrected chi connectivity index (χ3v) is 4.47. The Bertz CT molecular complexity index is 719. The van der Waals surface area contributed by atoms with E-state index in [1.54, 1.807) is 6.92 Å². The second-order valence-electron chi connectivity index (χ2n) is 5.65. The van der Waals surface area contributed by atoms with Crippen LogP contribution >= 0.6 is 11.6 Å². The number of halogens is 4. The molecule has 1 aromatic rings. The number of hydrogen-bond donors (Lipinski definition) is 1. The zero-order valence-corrected chi connectivity index (χ0v) is 15.6. The molecule has 0 saturated heterocycles. The van der Waals surface area contributed by atoms with Crippen molar-refractivity contribution < 1.29 is 26.4 Å². The molecule has 0 spiro atoms. The van der Waals surface area contributed by atoms with Crippen molar-refractivity contribution in [1.82, 2.24) is 0 Å². The Hall–Kier alpha value is -1.48. The summed E-state index contributed by atoms with van der Waals surface area (Å²) in [6, 6.07) is 3.77. The highest BCUT2D eigenvalue weighted by Crippen LogP contribution is 2.29. The summed E-state index contributed by atoms with van der Waals surface area (Å²) in [4.78, 5) is 5.19. The molecule has 5 nitrogen and oxygen atoms in total. The first-order chi connectivity index (χ1) is 11.5. The molecule has 0 aromatic heterocycles. The molecule has 0 atom stereocenters. The normalized spacial score (nSPS) is 13.2. The van der Waals surface area contributed by atoms with Crippen molar-refractivity contribution in [2.75, 3.05) is 11.3 Å². The number of anilines is 1. The second-order valence-corrected chi connectivity index (χ2v) is 7.76. The molecule has 0 fully saturated rings. The van der Waals surface area contributed by atoms with E-state index in [2.05, 4.69) is 5.16 Å². The van der Waals surface area contributed by atoms with Crippen LogP contribution < -0.4 is 4.72 Å². The fourth-order valence-electron chi connectivity index (χ4n) is 1.76. The monoisotopic (exact) mass is 400 g/mol. The number of sulfonamides is 1. The second kappa shape index (κ2) is 8.75. The van der Waals surface area contributed by atoms with E-state index in [4.69, 9.17) is 16.4 Å². The number of rotatable bonds is 8. The minimum atomic E-state index is -5.55. The molecule has 0 amide bonds. The molecule has 1 aromatic carbocycles. The van der Waals surface area contributed by atoms with Gasteiger partial charge in [0.25, 0.3) is 0 Å². The summed E-state index contributed by atoms with van der Waals surface area (Å²) in [6.07, 6.45) is 1.06. The molecule has 142 valence electrons. The average molecular weight is 401 g/mol. The van der Waals surface area contributed by atoms with Crippen molar-refractivity contribution in [1.29, 1.82) is 0 Å². The van der Waals surface area contributed by atoms with E-state index in [1.165, 1.54) is 16.9 Å². The lowest BCUT2D eigenvalue weighted by atomic mass is 10.1. The van der Waals surface area contributed by atoms with Crippen LogP contribution in [-0.2, 0) is 14.9 Å². The molecule has 0 aliphatic carbocycles. The van der Waals surface area contributed by atoms with Crippen LogP contribution in [0.2, 0.25) is 5.02 Å². The number of alkyl halides is 3. The number of oxime groups is 1. The van der Waals surface area contributed by atoms with E-state index in [1.807, 2.05) is 13.8 Å². The predicted octanol–water partition coefficient (Wildman–Crippen LogP) is 4.78. The lowest BCUT2D eigenvalue weighted by Crippen LogP contribution is -2.30. The van der Waals surface area contributed by atoms with Gasteiger partial charge in [0.15, 0.2) is 0 Å².